The molecule has 0 saturated carbocycles. The number of halogens is 1. The van der Waals surface area contributed by atoms with Crippen molar-refractivity contribution < 1.29 is 14.7 Å². The molecule has 23 heavy (non-hydrogen) atoms. The van der Waals surface area contributed by atoms with Gasteiger partial charge in [-0.15, -0.1) is 0 Å². The van der Waals surface area contributed by atoms with Crippen LogP contribution in [0.5, 0.6) is 0 Å². The lowest BCUT2D eigenvalue weighted by molar-refractivity contribution is -0.255. The quantitative estimate of drug-likeness (QED) is 0.831. The summed E-state index contributed by atoms with van der Waals surface area (Å²) in [7, 11) is 0. The molecule has 0 fully saturated rings. The molecule has 2 aromatic rings. The molecule has 0 spiro atoms. The first-order valence-electron chi connectivity index (χ1n) is 6.56. The van der Waals surface area contributed by atoms with Crippen molar-refractivity contribution in [1.82, 2.24) is 5.32 Å². The normalized spacial score (nSPS) is 10.0. The second-order valence-corrected chi connectivity index (χ2v) is 5.56. The highest BCUT2D eigenvalue weighted by Crippen LogP contribution is 2.16. The van der Waals surface area contributed by atoms with Gasteiger partial charge in [-0.05, 0) is 54.5 Å². The van der Waals surface area contributed by atoms with Crippen LogP contribution in [0.2, 0.25) is 5.02 Å². The van der Waals surface area contributed by atoms with Crippen molar-refractivity contribution in [1.29, 1.82) is 0 Å². The number of amides is 1. The van der Waals surface area contributed by atoms with E-state index in [1.54, 1.807) is 24.3 Å². The summed E-state index contributed by atoms with van der Waals surface area (Å²) in [6.07, 6.45) is 0. The highest BCUT2D eigenvalue weighted by Gasteiger charge is 2.09. The molecule has 0 aliphatic rings. The zero-order chi connectivity index (χ0) is 17.0. The zero-order valence-electron chi connectivity index (χ0n) is 12.1. The minimum atomic E-state index is -1.29. The second-order valence-electron chi connectivity index (χ2n) is 4.74. The average molecular weight is 348 g/mol. The van der Waals surface area contributed by atoms with Crippen LogP contribution in [0.3, 0.4) is 0 Å². The fourth-order valence-corrected chi connectivity index (χ4v) is 2.19. The van der Waals surface area contributed by atoms with E-state index in [2.05, 4.69) is 10.6 Å². The Bertz CT molecular complexity index is 793. The van der Waals surface area contributed by atoms with Crippen LogP contribution in [0.25, 0.3) is 0 Å². The van der Waals surface area contributed by atoms with Crippen molar-refractivity contribution in [2.75, 3.05) is 5.32 Å². The molecule has 7 heteroatoms. The second kappa shape index (κ2) is 7.21. The number of carboxylic acid groups (broad SMARTS) is 1. The van der Waals surface area contributed by atoms with Gasteiger partial charge in [-0.2, -0.15) is 0 Å². The molecule has 0 bridgehead atoms. The third-order valence-corrected chi connectivity index (χ3v) is 3.63. The monoisotopic (exact) mass is 347 g/mol. The fraction of sp³-hybridized carbons (Fsp3) is 0.0625. The molecule has 0 aliphatic carbocycles. The van der Waals surface area contributed by atoms with Gasteiger partial charge < -0.3 is 15.2 Å². The lowest BCUT2D eigenvalue weighted by Gasteiger charge is -2.11. The molecule has 1 amide bonds. The van der Waals surface area contributed by atoms with Crippen molar-refractivity contribution in [3.8, 4) is 0 Å². The minimum absolute atomic E-state index is 0.00874. The first kappa shape index (κ1) is 16.9. The molecule has 2 aromatic carbocycles. The summed E-state index contributed by atoms with van der Waals surface area (Å²) in [5.41, 5.74) is 1.67. The average Bonchev–Trinajstić information content (AvgIpc) is 2.50. The first-order valence-corrected chi connectivity index (χ1v) is 7.35. The van der Waals surface area contributed by atoms with Crippen molar-refractivity contribution in [3.05, 3.63) is 64.2 Å². The van der Waals surface area contributed by atoms with Crippen LogP contribution < -0.4 is 15.7 Å². The van der Waals surface area contributed by atoms with Gasteiger partial charge in [0.2, 0.25) is 0 Å². The molecule has 0 atom stereocenters. The van der Waals surface area contributed by atoms with Crippen molar-refractivity contribution in [2.24, 2.45) is 0 Å². The van der Waals surface area contributed by atoms with Gasteiger partial charge in [0.15, 0.2) is 5.11 Å². The van der Waals surface area contributed by atoms with E-state index in [4.69, 9.17) is 23.8 Å². The molecule has 0 aliphatic heterocycles. The van der Waals surface area contributed by atoms with Gasteiger partial charge in [0.05, 0.1) is 5.97 Å². The van der Waals surface area contributed by atoms with Crippen LogP contribution in [0.15, 0.2) is 42.5 Å². The Kier molecular flexibility index (Phi) is 5.31. The van der Waals surface area contributed by atoms with Crippen LogP contribution in [-0.2, 0) is 0 Å². The van der Waals surface area contributed by atoms with Gasteiger partial charge in [-0.3, -0.25) is 10.1 Å². The number of benzene rings is 2. The number of aryl methyl sites for hydroxylation is 1. The van der Waals surface area contributed by atoms with E-state index in [0.29, 0.717) is 16.3 Å². The zero-order valence-corrected chi connectivity index (χ0v) is 13.6. The number of carboxylic acids is 1. The van der Waals surface area contributed by atoms with Crippen LogP contribution in [0, 0.1) is 6.92 Å². The summed E-state index contributed by atoms with van der Waals surface area (Å²) in [6.45, 7) is 1.83. The number of carbonyl (C=O) groups excluding carboxylic acids is 2. The SMILES string of the molecule is Cc1ccc(C(=O)NC(=S)Nc2cccc(C(=O)[O-])c2)cc1Cl. The summed E-state index contributed by atoms with van der Waals surface area (Å²) in [5.74, 6) is -1.71. The van der Waals surface area contributed by atoms with Gasteiger partial charge in [-0.25, -0.2) is 0 Å². The van der Waals surface area contributed by atoms with Crippen LogP contribution in [-0.4, -0.2) is 17.0 Å². The van der Waals surface area contributed by atoms with Gasteiger partial charge in [-0.1, -0.05) is 29.8 Å². The topological polar surface area (TPSA) is 81.3 Å². The predicted molar refractivity (Wildman–Crippen MR) is 90.6 cm³/mol. The van der Waals surface area contributed by atoms with Crippen LogP contribution in [0.4, 0.5) is 5.69 Å². The number of carbonyl (C=O) groups is 2. The van der Waals surface area contributed by atoms with Gasteiger partial charge in [0.1, 0.15) is 0 Å². The summed E-state index contributed by atoms with van der Waals surface area (Å²) in [4.78, 5) is 22.9. The third kappa shape index (κ3) is 4.51. The van der Waals surface area contributed by atoms with Crippen molar-refractivity contribution in [2.45, 2.75) is 6.92 Å². The van der Waals surface area contributed by atoms with E-state index in [-0.39, 0.29) is 10.7 Å². The summed E-state index contributed by atoms with van der Waals surface area (Å²) < 4.78 is 0. The number of anilines is 1. The molecular formula is C16H12ClN2O3S-. The lowest BCUT2D eigenvalue weighted by Crippen LogP contribution is -2.34. The number of rotatable bonds is 3. The molecular weight excluding hydrogens is 336 g/mol. The molecule has 0 saturated heterocycles. The highest BCUT2D eigenvalue weighted by atomic mass is 35.5. The van der Waals surface area contributed by atoms with Crippen LogP contribution >= 0.6 is 23.8 Å². The predicted octanol–water partition coefficient (Wildman–Crippen LogP) is 2.14. The number of hydrogen-bond donors (Lipinski definition) is 2. The van der Waals surface area contributed by atoms with Gasteiger partial charge in [0, 0.05) is 16.3 Å². The minimum Gasteiger partial charge on any atom is -0.545 e. The van der Waals surface area contributed by atoms with Gasteiger partial charge in [0.25, 0.3) is 5.91 Å². The molecule has 2 N–H and O–H groups in total. The van der Waals surface area contributed by atoms with E-state index in [9.17, 15) is 14.7 Å². The van der Waals surface area contributed by atoms with E-state index < -0.39 is 11.9 Å². The Morgan fingerprint density at radius 3 is 2.52 bits per heavy atom. The Labute approximate surface area is 143 Å². The molecule has 118 valence electrons. The Morgan fingerprint density at radius 2 is 1.87 bits per heavy atom. The maximum atomic E-state index is 12.1. The number of aromatic carboxylic acids is 1. The number of thiocarbonyl (C=S) groups is 1. The largest absolute Gasteiger partial charge is 0.545 e. The van der Waals surface area contributed by atoms with E-state index >= 15 is 0 Å². The summed E-state index contributed by atoms with van der Waals surface area (Å²) >= 11 is 11.0. The third-order valence-electron chi connectivity index (χ3n) is 3.02. The number of hydrogen-bond acceptors (Lipinski definition) is 4. The summed E-state index contributed by atoms with van der Waals surface area (Å²) in [6, 6.07) is 10.8. The highest BCUT2D eigenvalue weighted by molar-refractivity contribution is 7.80. The Hall–Kier alpha value is -2.44. The lowest BCUT2D eigenvalue weighted by atomic mass is 10.1. The van der Waals surface area contributed by atoms with Gasteiger partial charge >= 0.3 is 0 Å². The van der Waals surface area contributed by atoms with Crippen LogP contribution in [0.1, 0.15) is 26.3 Å². The maximum Gasteiger partial charge on any atom is 0.257 e. The summed E-state index contributed by atoms with van der Waals surface area (Å²) in [5, 5.41) is 16.6. The maximum absolute atomic E-state index is 12.1. The Balaban J connectivity index is 2.04. The smallest absolute Gasteiger partial charge is 0.257 e. The van der Waals surface area contributed by atoms with E-state index in [0.717, 1.165) is 5.56 Å². The van der Waals surface area contributed by atoms with Crippen molar-refractivity contribution >= 4 is 46.5 Å². The molecule has 0 radical (unpaired) electrons. The first-order chi connectivity index (χ1) is 10.9. The molecule has 2 rings (SSSR count). The Morgan fingerprint density at radius 1 is 1.13 bits per heavy atom. The fourth-order valence-electron chi connectivity index (χ4n) is 1.80. The molecule has 0 aromatic heterocycles. The molecule has 5 nitrogen and oxygen atoms in total. The van der Waals surface area contributed by atoms with E-state index in [1.807, 2.05) is 6.92 Å². The van der Waals surface area contributed by atoms with E-state index in [1.165, 1.54) is 18.2 Å². The van der Waals surface area contributed by atoms with Crippen molar-refractivity contribution in [3.63, 3.8) is 0 Å². The standard InChI is InChI=1S/C16H13ClN2O3S/c1-9-5-6-10(8-13(9)17)14(20)19-16(23)18-12-4-2-3-11(7-12)15(21)22/h2-8H,1H3,(H,21,22)(H2,18,19,20,23)/p-1. The molecule has 0 unspecified atom stereocenters. The number of nitrogens with one attached hydrogen (secondary N) is 2. The molecule has 0 heterocycles.